The maximum atomic E-state index is 6.14. The van der Waals surface area contributed by atoms with Crippen molar-refractivity contribution in [2.24, 2.45) is 0 Å². The van der Waals surface area contributed by atoms with Crippen molar-refractivity contribution in [3.63, 3.8) is 0 Å². The van der Waals surface area contributed by atoms with E-state index in [1.807, 2.05) is 25.2 Å². The van der Waals surface area contributed by atoms with E-state index in [-0.39, 0.29) is 0 Å². The summed E-state index contributed by atoms with van der Waals surface area (Å²) < 4.78 is 0. The molecule has 1 aromatic heterocycles. The van der Waals surface area contributed by atoms with Crippen LogP contribution in [-0.4, -0.2) is 7.05 Å². The third kappa shape index (κ3) is 2.40. The molecule has 1 nitrogen and oxygen atoms in total. The smallest absolute Gasteiger partial charge is 0.0492 e. The predicted molar refractivity (Wildman–Crippen MR) is 67.5 cm³/mol. The van der Waals surface area contributed by atoms with Gasteiger partial charge in [-0.15, -0.1) is 11.3 Å². The molecule has 0 atom stereocenters. The van der Waals surface area contributed by atoms with E-state index in [1.54, 1.807) is 11.3 Å². The van der Waals surface area contributed by atoms with Gasteiger partial charge in [-0.3, -0.25) is 0 Å². The Kier molecular flexibility index (Phi) is 3.41. The summed E-state index contributed by atoms with van der Waals surface area (Å²) in [5.74, 6) is 0. The molecule has 0 aliphatic rings. The van der Waals surface area contributed by atoms with Gasteiger partial charge in [-0.2, -0.15) is 0 Å². The van der Waals surface area contributed by atoms with Crippen LogP contribution in [0.25, 0.3) is 10.4 Å². The molecule has 1 N–H and O–H groups in total. The van der Waals surface area contributed by atoms with Crippen LogP contribution < -0.4 is 5.32 Å². The van der Waals surface area contributed by atoms with E-state index in [4.69, 9.17) is 11.6 Å². The molecule has 78 valence electrons. The molecule has 1 aromatic carbocycles. The Bertz CT molecular complexity index is 450. The van der Waals surface area contributed by atoms with Gasteiger partial charge in [0.15, 0.2) is 0 Å². The molecule has 0 saturated heterocycles. The number of halogens is 1. The largest absolute Gasteiger partial charge is 0.315 e. The molecule has 0 fully saturated rings. The first-order valence-corrected chi connectivity index (χ1v) is 5.99. The lowest BCUT2D eigenvalue weighted by atomic mass is 10.2. The molecule has 0 radical (unpaired) electrons. The Morgan fingerprint density at radius 1 is 1.20 bits per heavy atom. The highest BCUT2D eigenvalue weighted by atomic mass is 35.5. The topological polar surface area (TPSA) is 12.0 Å². The summed E-state index contributed by atoms with van der Waals surface area (Å²) in [6, 6.07) is 12.2. The van der Waals surface area contributed by atoms with E-state index in [1.165, 1.54) is 9.75 Å². The van der Waals surface area contributed by atoms with E-state index >= 15 is 0 Å². The van der Waals surface area contributed by atoms with Crippen molar-refractivity contribution in [2.45, 2.75) is 6.54 Å². The SMILES string of the molecule is CNCc1ccc(-c2ccccc2Cl)s1. The third-order valence-corrected chi connectivity index (χ3v) is 3.60. The van der Waals surface area contributed by atoms with Gasteiger partial charge < -0.3 is 5.32 Å². The van der Waals surface area contributed by atoms with Crippen LogP contribution >= 0.6 is 22.9 Å². The van der Waals surface area contributed by atoms with Crippen molar-refractivity contribution in [3.8, 4) is 10.4 Å². The fourth-order valence-electron chi connectivity index (χ4n) is 1.45. The van der Waals surface area contributed by atoms with Crippen molar-refractivity contribution >= 4 is 22.9 Å². The van der Waals surface area contributed by atoms with Crippen molar-refractivity contribution in [1.29, 1.82) is 0 Å². The van der Waals surface area contributed by atoms with Gasteiger partial charge in [0.05, 0.1) is 0 Å². The zero-order valence-electron chi connectivity index (χ0n) is 8.46. The van der Waals surface area contributed by atoms with Crippen molar-refractivity contribution < 1.29 is 0 Å². The molecule has 0 aliphatic heterocycles. The standard InChI is InChI=1S/C12H12ClNS/c1-14-8-9-6-7-12(15-9)10-4-2-3-5-11(10)13/h2-7,14H,8H2,1H3. The Morgan fingerprint density at radius 3 is 2.73 bits per heavy atom. The lowest BCUT2D eigenvalue weighted by molar-refractivity contribution is 0.831. The quantitative estimate of drug-likeness (QED) is 0.857. The van der Waals surface area contributed by atoms with Gasteiger partial charge >= 0.3 is 0 Å². The summed E-state index contributed by atoms with van der Waals surface area (Å²) >= 11 is 7.91. The van der Waals surface area contributed by atoms with E-state index in [2.05, 4.69) is 23.5 Å². The molecule has 0 saturated carbocycles. The molecule has 1 heterocycles. The summed E-state index contributed by atoms with van der Waals surface area (Å²) in [6.07, 6.45) is 0. The van der Waals surface area contributed by atoms with Crippen LogP contribution in [0.15, 0.2) is 36.4 Å². The molecular formula is C12H12ClNS. The Hall–Kier alpha value is -0.830. The zero-order chi connectivity index (χ0) is 10.7. The van der Waals surface area contributed by atoms with Crippen molar-refractivity contribution in [2.75, 3.05) is 7.05 Å². The Labute approximate surface area is 98.7 Å². The van der Waals surface area contributed by atoms with Crippen LogP contribution in [0.2, 0.25) is 5.02 Å². The first-order chi connectivity index (χ1) is 7.31. The van der Waals surface area contributed by atoms with Crippen LogP contribution in [-0.2, 0) is 6.54 Å². The number of hydrogen-bond acceptors (Lipinski definition) is 2. The van der Waals surface area contributed by atoms with E-state index in [0.717, 1.165) is 17.1 Å². The van der Waals surface area contributed by atoms with Gasteiger partial charge in [0, 0.05) is 26.9 Å². The highest BCUT2D eigenvalue weighted by Gasteiger charge is 2.05. The second-order valence-corrected chi connectivity index (χ2v) is 4.85. The van der Waals surface area contributed by atoms with Gasteiger partial charge in [-0.05, 0) is 25.2 Å². The number of thiophene rings is 1. The second kappa shape index (κ2) is 4.79. The highest BCUT2D eigenvalue weighted by Crippen LogP contribution is 2.32. The Morgan fingerprint density at radius 2 is 2.00 bits per heavy atom. The minimum atomic E-state index is 0.815. The van der Waals surface area contributed by atoms with Crippen molar-refractivity contribution in [1.82, 2.24) is 5.32 Å². The van der Waals surface area contributed by atoms with E-state index < -0.39 is 0 Å². The molecule has 2 aromatic rings. The fraction of sp³-hybridized carbons (Fsp3) is 0.167. The summed E-state index contributed by atoms with van der Waals surface area (Å²) in [5, 5.41) is 3.96. The number of rotatable bonds is 3. The van der Waals surface area contributed by atoms with Gasteiger partial charge in [-0.25, -0.2) is 0 Å². The summed E-state index contributed by atoms with van der Waals surface area (Å²) in [6.45, 7) is 0.912. The molecule has 0 bridgehead atoms. The number of nitrogens with one attached hydrogen (secondary N) is 1. The average Bonchev–Trinajstić information content (AvgIpc) is 2.68. The molecule has 15 heavy (non-hydrogen) atoms. The predicted octanol–water partition coefficient (Wildman–Crippen LogP) is 3.79. The molecule has 0 spiro atoms. The second-order valence-electron chi connectivity index (χ2n) is 3.28. The van der Waals surface area contributed by atoms with Crippen LogP contribution in [0.3, 0.4) is 0 Å². The monoisotopic (exact) mass is 237 g/mol. The van der Waals surface area contributed by atoms with Gasteiger partial charge in [0.25, 0.3) is 0 Å². The van der Waals surface area contributed by atoms with Gasteiger partial charge in [0.1, 0.15) is 0 Å². The van der Waals surface area contributed by atoms with Crippen LogP contribution in [0.1, 0.15) is 4.88 Å². The highest BCUT2D eigenvalue weighted by molar-refractivity contribution is 7.15. The van der Waals surface area contributed by atoms with Crippen LogP contribution in [0, 0.1) is 0 Å². The summed E-state index contributed by atoms with van der Waals surface area (Å²) in [5.41, 5.74) is 1.12. The maximum absolute atomic E-state index is 6.14. The molecule has 3 heteroatoms. The lowest BCUT2D eigenvalue weighted by Crippen LogP contribution is -2.02. The molecule has 0 aliphatic carbocycles. The van der Waals surface area contributed by atoms with Gasteiger partial charge in [-0.1, -0.05) is 29.8 Å². The first kappa shape index (κ1) is 10.7. The maximum Gasteiger partial charge on any atom is 0.0492 e. The van der Waals surface area contributed by atoms with Crippen LogP contribution in [0.4, 0.5) is 0 Å². The minimum Gasteiger partial charge on any atom is -0.315 e. The molecule has 2 rings (SSSR count). The Balaban J connectivity index is 2.33. The normalized spacial score (nSPS) is 10.5. The zero-order valence-corrected chi connectivity index (χ0v) is 10.0. The van der Waals surface area contributed by atoms with E-state index in [9.17, 15) is 0 Å². The number of hydrogen-bond donors (Lipinski definition) is 1. The molecule has 0 amide bonds. The first-order valence-electron chi connectivity index (χ1n) is 4.79. The third-order valence-electron chi connectivity index (χ3n) is 2.15. The lowest BCUT2D eigenvalue weighted by Gasteiger charge is -1.99. The van der Waals surface area contributed by atoms with Crippen molar-refractivity contribution in [3.05, 3.63) is 46.3 Å². The molecule has 0 unspecified atom stereocenters. The van der Waals surface area contributed by atoms with Crippen LogP contribution in [0.5, 0.6) is 0 Å². The fourth-order valence-corrected chi connectivity index (χ4v) is 2.81. The minimum absolute atomic E-state index is 0.815. The van der Waals surface area contributed by atoms with E-state index in [0.29, 0.717) is 0 Å². The molecular weight excluding hydrogens is 226 g/mol. The summed E-state index contributed by atoms with van der Waals surface area (Å²) in [4.78, 5) is 2.55. The average molecular weight is 238 g/mol. The summed E-state index contributed by atoms with van der Waals surface area (Å²) in [7, 11) is 1.95. The number of benzene rings is 1. The van der Waals surface area contributed by atoms with Gasteiger partial charge in [0.2, 0.25) is 0 Å².